The number of carbonyl (C=O) groups excluding carboxylic acids is 2. The molecule has 2 N–H and O–H groups in total. The van der Waals surface area contributed by atoms with Crippen LogP contribution in [-0.2, 0) is 4.74 Å². The van der Waals surface area contributed by atoms with E-state index in [4.69, 9.17) is 4.74 Å². The third-order valence-electron chi connectivity index (χ3n) is 4.59. The van der Waals surface area contributed by atoms with Crippen LogP contribution in [0.2, 0.25) is 0 Å². The normalized spacial score (nSPS) is 12.1. The first-order chi connectivity index (χ1) is 11.6. The van der Waals surface area contributed by atoms with E-state index in [9.17, 15) is 14.7 Å². The molecule has 0 aliphatic carbocycles. The molecule has 0 amide bonds. The molecule has 0 saturated carbocycles. The van der Waals surface area contributed by atoms with Gasteiger partial charge in [0, 0.05) is 16.8 Å². The number of aromatic nitrogens is 1. The van der Waals surface area contributed by atoms with Crippen LogP contribution in [0.5, 0.6) is 0 Å². The number of hydrogen-bond acceptors (Lipinski definition) is 4. The summed E-state index contributed by atoms with van der Waals surface area (Å²) in [6.45, 7) is 10.7. The molecule has 25 heavy (non-hydrogen) atoms. The van der Waals surface area contributed by atoms with E-state index in [0.29, 0.717) is 16.7 Å². The lowest BCUT2D eigenvalue weighted by Crippen LogP contribution is -2.16. The highest BCUT2D eigenvalue weighted by Gasteiger charge is 2.22. The van der Waals surface area contributed by atoms with Gasteiger partial charge in [-0.1, -0.05) is 6.07 Å². The maximum Gasteiger partial charge on any atom is 0.355 e. The fraction of sp³-hybridized carbons (Fsp3) is 0.400. The van der Waals surface area contributed by atoms with E-state index in [1.54, 1.807) is 20.8 Å². The first-order valence-electron chi connectivity index (χ1n) is 8.28. The van der Waals surface area contributed by atoms with Crippen molar-refractivity contribution in [1.82, 2.24) is 4.98 Å². The summed E-state index contributed by atoms with van der Waals surface area (Å²) in [5.41, 5.74) is 5.91. The molecule has 0 unspecified atom stereocenters. The van der Waals surface area contributed by atoms with E-state index in [0.717, 1.165) is 22.4 Å². The van der Waals surface area contributed by atoms with Crippen LogP contribution in [0.1, 0.15) is 67.4 Å². The smallest absolute Gasteiger partial charge is 0.355 e. The van der Waals surface area contributed by atoms with Crippen LogP contribution >= 0.6 is 0 Å². The zero-order valence-electron chi connectivity index (χ0n) is 15.6. The van der Waals surface area contributed by atoms with E-state index in [1.165, 1.54) is 0 Å². The summed E-state index contributed by atoms with van der Waals surface area (Å²) in [7, 11) is 0. The molecule has 2 aromatic rings. The minimum absolute atomic E-state index is 0.231. The topological polar surface area (TPSA) is 79.4 Å². The molecule has 1 aromatic carbocycles. The van der Waals surface area contributed by atoms with Crippen LogP contribution in [0.15, 0.2) is 12.1 Å². The largest absolute Gasteiger partial charge is 0.453 e. The molecule has 5 nitrogen and oxygen atoms in total. The van der Waals surface area contributed by atoms with Gasteiger partial charge in [0.05, 0.1) is 6.10 Å². The zero-order valence-corrected chi connectivity index (χ0v) is 15.6. The molecule has 1 atom stereocenters. The van der Waals surface area contributed by atoms with Gasteiger partial charge < -0.3 is 14.8 Å². The lowest BCUT2D eigenvalue weighted by molar-refractivity contribution is 0.0468. The number of aromatic amines is 1. The predicted molar refractivity (Wildman–Crippen MR) is 96.2 cm³/mol. The third-order valence-corrected chi connectivity index (χ3v) is 4.59. The molecule has 134 valence electrons. The number of benzene rings is 1. The molecule has 0 bridgehead atoms. The van der Waals surface area contributed by atoms with Crippen molar-refractivity contribution in [3.05, 3.63) is 56.9 Å². The van der Waals surface area contributed by atoms with E-state index in [2.05, 4.69) is 4.98 Å². The summed E-state index contributed by atoms with van der Waals surface area (Å²) in [5.74, 6) is -0.826. The molecule has 0 saturated heterocycles. The van der Waals surface area contributed by atoms with Gasteiger partial charge >= 0.3 is 5.97 Å². The van der Waals surface area contributed by atoms with Crippen molar-refractivity contribution in [2.45, 2.75) is 47.6 Å². The van der Waals surface area contributed by atoms with Gasteiger partial charge in [0.1, 0.15) is 5.69 Å². The average Bonchev–Trinajstić information content (AvgIpc) is 2.83. The van der Waals surface area contributed by atoms with Crippen LogP contribution in [0, 0.1) is 34.6 Å². The predicted octanol–water partition coefficient (Wildman–Crippen LogP) is 3.65. The maximum absolute atomic E-state index is 12.4. The molecule has 1 aromatic heterocycles. The summed E-state index contributed by atoms with van der Waals surface area (Å²) in [5, 5.41) is 9.80. The number of aliphatic hydroxyl groups is 1. The number of nitrogens with one attached hydrogen (secondary N) is 1. The van der Waals surface area contributed by atoms with Gasteiger partial charge in [0.2, 0.25) is 5.78 Å². The Labute approximate surface area is 148 Å². The molecular formula is C20H25NO4. The number of carbonyl (C=O) groups is 2. The Balaban J connectivity index is 2.14. The third kappa shape index (κ3) is 3.82. The number of H-pyrrole nitrogens is 1. The van der Waals surface area contributed by atoms with E-state index < -0.39 is 12.1 Å². The number of ketones is 1. The Kier molecular flexibility index (Phi) is 5.48. The van der Waals surface area contributed by atoms with Gasteiger partial charge in [-0.3, -0.25) is 4.79 Å². The number of esters is 1. The second kappa shape index (κ2) is 7.23. The van der Waals surface area contributed by atoms with Crippen LogP contribution in [-0.4, -0.2) is 28.4 Å². The van der Waals surface area contributed by atoms with Gasteiger partial charge in [0.15, 0.2) is 6.61 Å². The molecular weight excluding hydrogens is 318 g/mol. The van der Waals surface area contributed by atoms with Crippen molar-refractivity contribution in [3.8, 4) is 0 Å². The first kappa shape index (κ1) is 18.9. The minimum atomic E-state index is -0.683. The monoisotopic (exact) mass is 343 g/mol. The quantitative estimate of drug-likeness (QED) is 0.641. The number of hydrogen-bond donors (Lipinski definition) is 2. The van der Waals surface area contributed by atoms with Crippen molar-refractivity contribution in [3.63, 3.8) is 0 Å². The highest BCUT2D eigenvalue weighted by Crippen LogP contribution is 2.25. The number of aliphatic hydroxyl groups excluding tert-OH is 1. The Morgan fingerprint density at radius 3 is 2.24 bits per heavy atom. The molecule has 5 heteroatoms. The second-order valence-electron chi connectivity index (χ2n) is 6.59. The van der Waals surface area contributed by atoms with E-state index >= 15 is 0 Å². The van der Waals surface area contributed by atoms with E-state index in [-0.39, 0.29) is 18.1 Å². The minimum Gasteiger partial charge on any atom is -0.453 e. The van der Waals surface area contributed by atoms with Crippen LogP contribution in [0.4, 0.5) is 0 Å². The molecule has 0 spiro atoms. The SMILES string of the molecule is Cc1cc(C)c(C(=O)COC(=O)c2[nH]c(C)c([C@H](C)O)c2C)cc1C. The Morgan fingerprint density at radius 1 is 1.08 bits per heavy atom. The molecule has 2 rings (SSSR count). The van der Waals surface area contributed by atoms with Gasteiger partial charge in [0.25, 0.3) is 0 Å². The highest BCUT2D eigenvalue weighted by atomic mass is 16.5. The van der Waals surface area contributed by atoms with Crippen LogP contribution in [0.25, 0.3) is 0 Å². The molecule has 0 radical (unpaired) electrons. The summed E-state index contributed by atoms with van der Waals surface area (Å²) >= 11 is 0. The molecule has 0 aliphatic heterocycles. The van der Waals surface area contributed by atoms with Gasteiger partial charge in [-0.2, -0.15) is 0 Å². The van der Waals surface area contributed by atoms with Crippen molar-refractivity contribution >= 4 is 11.8 Å². The Bertz CT molecular complexity index is 831. The van der Waals surface area contributed by atoms with Crippen LogP contribution in [0.3, 0.4) is 0 Å². The summed E-state index contributed by atoms with van der Waals surface area (Å²) in [6, 6.07) is 3.79. The number of rotatable bonds is 5. The first-order valence-corrected chi connectivity index (χ1v) is 8.28. The molecule has 0 aliphatic rings. The molecule has 1 heterocycles. The second-order valence-corrected chi connectivity index (χ2v) is 6.59. The lowest BCUT2D eigenvalue weighted by atomic mass is 9.98. The fourth-order valence-corrected chi connectivity index (χ4v) is 3.14. The van der Waals surface area contributed by atoms with Gasteiger partial charge in [-0.15, -0.1) is 0 Å². The number of ether oxygens (including phenoxy) is 1. The zero-order chi connectivity index (χ0) is 18.9. The summed E-state index contributed by atoms with van der Waals surface area (Å²) in [4.78, 5) is 27.7. The lowest BCUT2D eigenvalue weighted by Gasteiger charge is -2.10. The van der Waals surface area contributed by atoms with Crippen molar-refractivity contribution in [2.75, 3.05) is 6.61 Å². The van der Waals surface area contributed by atoms with Crippen molar-refractivity contribution < 1.29 is 19.4 Å². The number of Topliss-reactive ketones (excluding diaryl/α,β-unsaturated/α-hetero) is 1. The van der Waals surface area contributed by atoms with Crippen LogP contribution < -0.4 is 0 Å². The van der Waals surface area contributed by atoms with Crippen molar-refractivity contribution in [1.29, 1.82) is 0 Å². The number of aryl methyl sites for hydroxylation is 4. The summed E-state index contributed by atoms with van der Waals surface area (Å²) < 4.78 is 5.20. The molecule has 0 fully saturated rings. The van der Waals surface area contributed by atoms with Crippen molar-refractivity contribution in [2.24, 2.45) is 0 Å². The highest BCUT2D eigenvalue weighted by molar-refractivity contribution is 6.00. The Hall–Kier alpha value is -2.40. The fourth-order valence-electron chi connectivity index (χ4n) is 3.14. The van der Waals surface area contributed by atoms with E-state index in [1.807, 2.05) is 32.9 Å². The maximum atomic E-state index is 12.4. The standard InChI is InChI=1S/C20H25NO4/c1-10-7-12(3)16(8-11(10)2)17(23)9-25-20(24)19-13(4)18(15(6)22)14(5)21-19/h7-8,15,21-22H,9H2,1-6H3/t15-/m0/s1. The summed E-state index contributed by atoms with van der Waals surface area (Å²) in [6.07, 6.45) is -0.683. The average molecular weight is 343 g/mol. The van der Waals surface area contributed by atoms with Gasteiger partial charge in [-0.05, 0) is 69.9 Å². The Morgan fingerprint density at radius 2 is 1.68 bits per heavy atom. The van der Waals surface area contributed by atoms with Gasteiger partial charge in [-0.25, -0.2) is 4.79 Å².